The van der Waals surface area contributed by atoms with E-state index in [-0.39, 0.29) is 22.0 Å². The van der Waals surface area contributed by atoms with Crippen molar-refractivity contribution in [1.29, 1.82) is 0 Å². The smallest absolute Gasteiger partial charge is 0.201 e. The van der Waals surface area contributed by atoms with Crippen molar-refractivity contribution < 1.29 is 9.90 Å². The van der Waals surface area contributed by atoms with Crippen LogP contribution in [0, 0.1) is 5.92 Å². The van der Waals surface area contributed by atoms with Crippen LogP contribution in [0.1, 0.15) is 77.5 Å². The van der Waals surface area contributed by atoms with Crippen molar-refractivity contribution in [1.82, 2.24) is 0 Å². The molecule has 0 amide bonds. The minimum absolute atomic E-state index is 0.173. The molecule has 1 N–H and O–H groups in total. The lowest BCUT2D eigenvalue weighted by Gasteiger charge is -2.42. The van der Waals surface area contributed by atoms with Crippen LogP contribution in [0.3, 0.4) is 0 Å². The van der Waals surface area contributed by atoms with Crippen LogP contribution in [0.25, 0.3) is 0 Å². The van der Waals surface area contributed by atoms with Crippen molar-refractivity contribution in [3.05, 3.63) is 64.4 Å². The van der Waals surface area contributed by atoms with Crippen LogP contribution in [0.4, 0.5) is 0 Å². The van der Waals surface area contributed by atoms with E-state index in [0.29, 0.717) is 5.92 Å². The molecule has 0 saturated heterocycles. The van der Waals surface area contributed by atoms with Crippen molar-refractivity contribution in [3.63, 3.8) is 0 Å². The molecular weight excluding hydrogens is 332 g/mol. The Morgan fingerprint density at radius 2 is 1.74 bits per heavy atom. The quantitative estimate of drug-likeness (QED) is 0.399. The highest BCUT2D eigenvalue weighted by atomic mass is 16.3. The first-order valence-electron chi connectivity index (χ1n) is 9.96. The minimum atomic E-state index is -0.352. The summed E-state index contributed by atoms with van der Waals surface area (Å²) in [7, 11) is 0. The van der Waals surface area contributed by atoms with Gasteiger partial charge in [-0.15, -0.1) is 0 Å². The van der Waals surface area contributed by atoms with Crippen molar-refractivity contribution in [2.24, 2.45) is 5.92 Å². The second-order valence-corrected chi connectivity index (χ2v) is 9.99. The number of aliphatic hydroxyl groups is 1. The molecule has 1 aromatic carbocycles. The summed E-state index contributed by atoms with van der Waals surface area (Å²) in [6.45, 7) is 13.7. The van der Waals surface area contributed by atoms with E-state index in [1.54, 1.807) is 0 Å². The first-order valence-corrected chi connectivity index (χ1v) is 9.96. The lowest BCUT2D eigenvalue weighted by molar-refractivity contribution is 0.331. The molecule has 3 rings (SSSR count). The summed E-state index contributed by atoms with van der Waals surface area (Å²) in [5.41, 5.74) is 5.97. The summed E-state index contributed by atoms with van der Waals surface area (Å²) in [4.78, 5) is 10.4. The summed E-state index contributed by atoms with van der Waals surface area (Å²) in [6.07, 6.45) is 9.26. The standard InChI is InChI=1S/C25H32O2/c1-17(13-20(27)16-26)7-8-19-15-25(19,6)18-9-10-21-22(14-18)24(4,5)12-11-23(21,2)3/h7-10,13-14,19,27H,11-12,15H2,1-6H3/b8-7+,17-13+/t19-,25-/m1/s1. The molecule has 0 aromatic heterocycles. The molecule has 0 unspecified atom stereocenters. The van der Waals surface area contributed by atoms with Gasteiger partial charge in [-0.1, -0.05) is 65.0 Å². The normalized spacial score (nSPS) is 28.5. The SMILES string of the molecule is CC(/C=C/[C@@H]1C[C@]1(C)c1ccc2c(c1)C(C)(C)CCC2(C)C)=C\C(O)=C=O. The number of hydrogen-bond acceptors (Lipinski definition) is 2. The number of aliphatic hydroxyl groups excluding tert-OH is 1. The molecule has 1 saturated carbocycles. The summed E-state index contributed by atoms with van der Waals surface area (Å²) in [5, 5.41) is 9.28. The maximum absolute atomic E-state index is 10.4. The van der Waals surface area contributed by atoms with Crippen molar-refractivity contribution in [2.75, 3.05) is 0 Å². The first-order chi connectivity index (χ1) is 12.5. The van der Waals surface area contributed by atoms with Crippen LogP contribution in [-0.4, -0.2) is 11.0 Å². The average Bonchev–Trinajstić information content (AvgIpc) is 3.28. The molecule has 2 atom stereocenters. The summed E-state index contributed by atoms with van der Waals surface area (Å²) in [5.74, 6) is 1.63. The lowest BCUT2D eigenvalue weighted by Crippen LogP contribution is -2.34. The number of benzene rings is 1. The van der Waals surface area contributed by atoms with E-state index >= 15 is 0 Å². The molecule has 1 aromatic rings. The van der Waals surface area contributed by atoms with E-state index in [0.717, 1.165) is 12.0 Å². The van der Waals surface area contributed by atoms with Crippen LogP contribution in [0.5, 0.6) is 0 Å². The minimum Gasteiger partial charge on any atom is -0.499 e. The predicted molar refractivity (Wildman–Crippen MR) is 112 cm³/mol. The number of fused-ring (bicyclic) bond motifs is 1. The van der Waals surface area contributed by atoms with Crippen molar-refractivity contribution in [2.45, 2.75) is 77.0 Å². The highest BCUT2D eigenvalue weighted by Gasteiger charge is 2.50. The highest BCUT2D eigenvalue weighted by molar-refractivity contribution is 5.54. The van der Waals surface area contributed by atoms with Gasteiger partial charge in [-0.3, -0.25) is 0 Å². The Morgan fingerprint density at radius 3 is 2.37 bits per heavy atom. The van der Waals surface area contributed by atoms with E-state index in [2.05, 4.69) is 58.9 Å². The number of rotatable bonds is 4. The van der Waals surface area contributed by atoms with Crippen LogP contribution in [0.2, 0.25) is 0 Å². The van der Waals surface area contributed by atoms with E-state index < -0.39 is 0 Å². The number of hydrogen-bond donors (Lipinski definition) is 1. The van der Waals surface area contributed by atoms with Gasteiger partial charge >= 0.3 is 0 Å². The van der Waals surface area contributed by atoms with E-state index in [1.807, 2.05) is 13.0 Å². The monoisotopic (exact) mass is 364 g/mol. The third kappa shape index (κ3) is 3.69. The fourth-order valence-electron chi connectivity index (χ4n) is 4.52. The van der Waals surface area contributed by atoms with Gasteiger partial charge in [0.2, 0.25) is 5.76 Å². The van der Waals surface area contributed by atoms with Crippen LogP contribution < -0.4 is 0 Å². The molecule has 0 radical (unpaired) electrons. The zero-order chi connectivity index (χ0) is 20.0. The zero-order valence-electron chi connectivity index (χ0n) is 17.5. The van der Waals surface area contributed by atoms with E-state index in [9.17, 15) is 9.90 Å². The Hall–Kier alpha value is -2.05. The topological polar surface area (TPSA) is 37.3 Å². The Labute approximate surface area is 163 Å². The second kappa shape index (κ2) is 6.53. The molecule has 0 bridgehead atoms. The van der Waals surface area contributed by atoms with Gasteiger partial charge in [0.05, 0.1) is 0 Å². The van der Waals surface area contributed by atoms with Gasteiger partial charge in [0.1, 0.15) is 0 Å². The Balaban J connectivity index is 1.86. The Kier molecular flexibility index (Phi) is 4.77. The highest BCUT2D eigenvalue weighted by Crippen LogP contribution is 2.56. The Bertz CT molecular complexity index is 862. The molecule has 144 valence electrons. The first kappa shape index (κ1) is 19.7. The molecule has 2 heteroatoms. The molecule has 2 nitrogen and oxygen atoms in total. The maximum atomic E-state index is 10.4. The van der Waals surface area contributed by atoms with E-state index in [4.69, 9.17) is 0 Å². The third-order valence-corrected chi connectivity index (χ3v) is 6.87. The van der Waals surface area contributed by atoms with Crippen molar-refractivity contribution in [3.8, 4) is 0 Å². The molecular formula is C25H32O2. The van der Waals surface area contributed by atoms with E-state index in [1.165, 1.54) is 41.5 Å². The number of carbonyl (C=O) groups excluding carboxylic acids is 1. The summed E-state index contributed by atoms with van der Waals surface area (Å²) in [6, 6.07) is 7.17. The fraction of sp³-hybridized carbons (Fsp3) is 0.520. The zero-order valence-corrected chi connectivity index (χ0v) is 17.5. The van der Waals surface area contributed by atoms with Crippen LogP contribution in [0.15, 0.2) is 47.8 Å². The van der Waals surface area contributed by atoms with Gasteiger partial charge in [0.15, 0.2) is 5.94 Å². The lowest BCUT2D eigenvalue weighted by atomic mass is 9.62. The van der Waals surface area contributed by atoms with Gasteiger partial charge in [0, 0.05) is 0 Å². The molecule has 2 aliphatic rings. The Morgan fingerprint density at radius 1 is 1.11 bits per heavy atom. The van der Waals surface area contributed by atoms with Gasteiger partial charge in [0.25, 0.3) is 0 Å². The number of allylic oxidation sites excluding steroid dienone is 4. The maximum Gasteiger partial charge on any atom is 0.201 e. The second-order valence-electron chi connectivity index (χ2n) is 9.99. The van der Waals surface area contributed by atoms with Gasteiger partial charge in [-0.2, -0.15) is 0 Å². The average molecular weight is 365 g/mol. The predicted octanol–water partition coefficient (Wildman–Crippen LogP) is 6.09. The van der Waals surface area contributed by atoms with Gasteiger partial charge < -0.3 is 5.11 Å². The summed E-state index contributed by atoms with van der Waals surface area (Å²) >= 11 is 0. The fourth-order valence-corrected chi connectivity index (χ4v) is 4.52. The molecule has 0 heterocycles. The molecule has 1 fully saturated rings. The largest absolute Gasteiger partial charge is 0.499 e. The molecule has 0 aliphatic heterocycles. The molecule has 2 aliphatic carbocycles. The third-order valence-electron chi connectivity index (χ3n) is 6.87. The van der Waals surface area contributed by atoms with Crippen molar-refractivity contribution >= 4 is 5.94 Å². The molecule has 27 heavy (non-hydrogen) atoms. The molecule has 0 spiro atoms. The van der Waals surface area contributed by atoms with Crippen LogP contribution >= 0.6 is 0 Å². The van der Waals surface area contributed by atoms with Gasteiger partial charge in [-0.25, -0.2) is 4.79 Å². The van der Waals surface area contributed by atoms with Gasteiger partial charge in [-0.05, 0) is 76.7 Å². The van der Waals surface area contributed by atoms with Crippen LogP contribution in [-0.2, 0) is 21.0 Å². The summed E-state index contributed by atoms with van der Waals surface area (Å²) < 4.78 is 0.